The summed E-state index contributed by atoms with van der Waals surface area (Å²) in [6, 6.07) is 5.24. The van der Waals surface area contributed by atoms with Crippen LogP contribution in [0.25, 0.3) is 0 Å². The molecular formula is C8H7BrCl2O. The maximum atomic E-state index is 9.37. The highest BCUT2D eigenvalue weighted by Crippen LogP contribution is 2.24. The molecule has 0 aromatic heterocycles. The highest BCUT2D eigenvalue weighted by atomic mass is 79.9. The van der Waals surface area contributed by atoms with Gasteiger partial charge in [0.05, 0.1) is 12.0 Å². The van der Waals surface area contributed by atoms with Gasteiger partial charge in [-0.15, -0.1) is 11.6 Å². The van der Waals surface area contributed by atoms with E-state index in [9.17, 15) is 5.11 Å². The van der Waals surface area contributed by atoms with Crippen LogP contribution in [0.3, 0.4) is 0 Å². The molecule has 0 aliphatic rings. The van der Waals surface area contributed by atoms with Crippen molar-refractivity contribution in [2.75, 3.05) is 5.88 Å². The van der Waals surface area contributed by atoms with Gasteiger partial charge in [-0.25, -0.2) is 0 Å². The Bertz CT molecular complexity index is 258. The Morgan fingerprint density at radius 3 is 2.58 bits per heavy atom. The molecule has 4 heteroatoms. The maximum Gasteiger partial charge on any atom is 0.0926 e. The van der Waals surface area contributed by atoms with Crippen molar-refractivity contribution in [1.82, 2.24) is 0 Å². The zero-order valence-electron chi connectivity index (χ0n) is 6.10. The van der Waals surface area contributed by atoms with Crippen molar-refractivity contribution in [3.63, 3.8) is 0 Å². The summed E-state index contributed by atoms with van der Waals surface area (Å²) in [4.78, 5) is 0. The predicted molar refractivity (Wildman–Crippen MR) is 54.8 cm³/mol. The van der Waals surface area contributed by atoms with E-state index in [1.54, 1.807) is 18.2 Å². The second-order valence-electron chi connectivity index (χ2n) is 2.37. The zero-order chi connectivity index (χ0) is 9.14. The van der Waals surface area contributed by atoms with Crippen LogP contribution in [-0.2, 0) is 0 Å². The molecule has 0 aliphatic heterocycles. The minimum atomic E-state index is -0.651. The van der Waals surface area contributed by atoms with Gasteiger partial charge in [0, 0.05) is 9.50 Å². The molecule has 0 heterocycles. The molecule has 0 unspecified atom stereocenters. The first kappa shape index (κ1) is 10.3. The second-order valence-corrected chi connectivity index (χ2v) is 4.03. The van der Waals surface area contributed by atoms with E-state index in [0.717, 1.165) is 10.0 Å². The van der Waals surface area contributed by atoms with Gasteiger partial charge in [-0.05, 0) is 23.8 Å². The van der Waals surface area contributed by atoms with Crippen molar-refractivity contribution >= 4 is 39.1 Å². The van der Waals surface area contributed by atoms with Crippen LogP contribution in [0.15, 0.2) is 22.7 Å². The van der Waals surface area contributed by atoms with E-state index in [1.165, 1.54) is 0 Å². The van der Waals surface area contributed by atoms with E-state index in [4.69, 9.17) is 23.2 Å². The summed E-state index contributed by atoms with van der Waals surface area (Å²) in [5.41, 5.74) is 0.726. The summed E-state index contributed by atoms with van der Waals surface area (Å²) < 4.78 is 0.842. The van der Waals surface area contributed by atoms with Crippen molar-refractivity contribution in [2.24, 2.45) is 0 Å². The Morgan fingerprint density at radius 2 is 2.08 bits per heavy atom. The molecule has 0 fully saturated rings. The summed E-state index contributed by atoms with van der Waals surface area (Å²) in [6.45, 7) is 0. The molecule has 12 heavy (non-hydrogen) atoms. The number of benzene rings is 1. The minimum Gasteiger partial charge on any atom is -0.387 e. The minimum absolute atomic E-state index is 0.173. The number of aliphatic hydroxyl groups is 1. The third-order valence-corrected chi connectivity index (χ3v) is 2.38. The fourth-order valence-electron chi connectivity index (χ4n) is 0.857. The molecule has 1 rings (SSSR count). The smallest absolute Gasteiger partial charge is 0.0926 e. The largest absolute Gasteiger partial charge is 0.387 e. The van der Waals surface area contributed by atoms with Crippen LogP contribution in [0.2, 0.25) is 5.02 Å². The summed E-state index contributed by atoms with van der Waals surface area (Å²) in [7, 11) is 0. The summed E-state index contributed by atoms with van der Waals surface area (Å²) in [6.07, 6.45) is -0.651. The first-order valence-electron chi connectivity index (χ1n) is 3.33. The van der Waals surface area contributed by atoms with E-state index in [1.807, 2.05) is 0 Å². The normalized spacial score (nSPS) is 13.0. The van der Waals surface area contributed by atoms with Gasteiger partial charge < -0.3 is 5.11 Å². The summed E-state index contributed by atoms with van der Waals surface area (Å²) >= 11 is 14.5. The van der Waals surface area contributed by atoms with Gasteiger partial charge in [0.15, 0.2) is 0 Å². The predicted octanol–water partition coefficient (Wildman–Crippen LogP) is 3.37. The van der Waals surface area contributed by atoms with Gasteiger partial charge in [0.25, 0.3) is 0 Å². The molecule has 1 N–H and O–H groups in total. The zero-order valence-corrected chi connectivity index (χ0v) is 9.20. The highest BCUT2D eigenvalue weighted by molar-refractivity contribution is 9.10. The summed E-state index contributed by atoms with van der Waals surface area (Å²) in [5.74, 6) is 0.173. The number of halogens is 3. The highest BCUT2D eigenvalue weighted by Gasteiger charge is 2.06. The standard InChI is InChI=1S/C8H7BrCl2O/c9-6-1-5(8(12)4-10)2-7(11)3-6/h1-3,8,12H,4H2/t8-/m0/s1. The van der Waals surface area contributed by atoms with E-state index in [0.29, 0.717) is 5.02 Å². The first-order valence-corrected chi connectivity index (χ1v) is 5.04. The third-order valence-electron chi connectivity index (χ3n) is 1.42. The van der Waals surface area contributed by atoms with Crippen molar-refractivity contribution in [3.8, 4) is 0 Å². The second kappa shape index (κ2) is 4.47. The lowest BCUT2D eigenvalue weighted by atomic mass is 10.1. The monoisotopic (exact) mass is 268 g/mol. The molecule has 1 aromatic carbocycles. The van der Waals surface area contributed by atoms with Crippen LogP contribution in [0.1, 0.15) is 11.7 Å². The van der Waals surface area contributed by atoms with Crippen LogP contribution >= 0.6 is 39.1 Å². The van der Waals surface area contributed by atoms with Gasteiger partial charge in [0.1, 0.15) is 0 Å². The van der Waals surface area contributed by atoms with Crippen LogP contribution < -0.4 is 0 Å². The Hall–Kier alpha value is 0.240. The SMILES string of the molecule is O[C@@H](CCl)c1cc(Cl)cc(Br)c1. The average Bonchev–Trinajstić information content (AvgIpc) is 2.01. The fourth-order valence-corrected chi connectivity index (χ4v) is 1.92. The Labute approximate surface area is 89.4 Å². The van der Waals surface area contributed by atoms with Crippen molar-refractivity contribution in [3.05, 3.63) is 33.3 Å². The molecule has 0 aliphatic carbocycles. The molecule has 0 spiro atoms. The average molecular weight is 270 g/mol. The first-order chi connectivity index (χ1) is 5.63. The number of alkyl halides is 1. The molecule has 0 radical (unpaired) electrons. The van der Waals surface area contributed by atoms with Crippen LogP contribution in [0, 0.1) is 0 Å². The molecule has 0 saturated carbocycles. The molecule has 66 valence electrons. The molecule has 0 amide bonds. The van der Waals surface area contributed by atoms with Crippen molar-refractivity contribution in [2.45, 2.75) is 6.10 Å². The lowest BCUT2D eigenvalue weighted by Crippen LogP contribution is -1.98. The molecule has 0 saturated heterocycles. The van der Waals surface area contributed by atoms with Crippen molar-refractivity contribution < 1.29 is 5.11 Å². The number of hydrogen-bond donors (Lipinski definition) is 1. The molecule has 0 bridgehead atoms. The lowest BCUT2D eigenvalue weighted by molar-refractivity contribution is 0.202. The lowest BCUT2D eigenvalue weighted by Gasteiger charge is -2.07. The number of rotatable bonds is 2. The van der Waals surface area contributed by atoms with E-state index < -0.39 is 6.10 Å². The Morgan fingerprint density at radius 1 is 1.42 bits per heavy atom. The third kappa shape index (κ3) is 2.63. The molecule has 1 nitrogen and oxygen atoms in total. The van der Waals surface area contributed by atoms with Gasteiger partial charge in [-0.1, -0.05) is 27.5 Å². The quantitative estimate of drug-likeness (QED) is 0.817. The van der Waals surface area contributed by atoms with Crippen molar-refractivity contribution in [1.29, 1.82) is 0 Å². The Kier molecular flexibility index (Phi) is 3.84. The topological polar surface area (TPSA) is 20.2 Å². The molecule has 1 atom stereocenters. The van der Waals surface area contributed by atoms with Crippen LogP contribution in [0.5, 0.6) is 0 Å². The van der Waals surface area contributed by atoms with Gasteiger partial charge in [-0.2, -0.15) is 0 Å². The fraction of sp³-hybridized carbons (Fsp3) is 0.250. The number of hydrogen-bond acceptors (Lipinski definition) is 1. The van der Waals surface area contributed by atoms with E-state index in [2.05, 4.69) is 15.9 Å². The number of aliphatic hydroxyl groups excluding tert-OH is 1. The van der Waals surface area contributed by atoms with E-state index >= 15 is 0 Å². The van der Waals surface area contributed by atoms with Crippen LogP contribution in [0.4, 0.5) is 0 Å². The summed E-state index contributed by atoms with van der Waals surface area (Å²) in [5, 5.41) is 9.95. The van der Waals surface area contributed by atoms with E-state index in [-0.39, 0.29) is 5.88 Å². The van der Waals surface area contributed by atoms with Gasteiger partial charge in [0.2, 0.25) is 0 Å². The van der Waals surface area contributed by atoms with Crippen LogP contribution in [-0.4, -0.2) is 11.0 Å². The molecular weight excluding hydrogens is 263 g/mol. The van der Waals surface area contributed by atoms with Gasteiger partial charge in [-0.3, -0.25) is 0 Å². The van der Waals surface area contributed by atoms with Gasteiger partial charge >= 0.3 is 0 Å². The molecule has 1 aromatic rings. The Balaban J connectivity index is 3.00. The maximum absolute atomic E-state index is 9.37.